The van der Waals surface area contributed by atoms with Gasteiger partial charge >= 0.3 is 7.56 Å². The third-order valence-corrected chi connectivity index (χ3v) is 0.0488. The highest BCUT2D eigenvalue weighted by Gasteiger charge is 1.67. The van der Waals surface area contributed by atoms with Gasteiger partial charge in [-0.3, -0.25) is 0 Å². The van der Waals surface area contributed by atoms with Crippen molar-refractivity contribution in [1.82, 2.24) is 0 Å². The standard InChI is InChI=1S/CBFN/c3-2-1-4/i3-1. The van der Waals surface area contributed by atoms with Crippen molar-refractivity contribution < 1.29 is 4.32 Å². The van der Waals surface area contributed by atoms with Crippen LogP contribution >= 0.6 is 0 Å². The third kappa shape index (κ3) is 1.48. The zero-order valence-electron chi connectivity index (χ0n) is 1.90. The van der Waals surface area contributed by atoms with Crippen LogP contribution in [0.3, 0.4) is 0 Å². The van der Waals surface area contributed by atoms with Crippen molar-refractivity contribution in [3.05, 3.63) is 0 Å². The van der Waals surface area contributed by atoms with Gasteiger partial charge in [-0.15, -0.1) is 0 Å². The van der Waals surface area contributed by atoms with Gasteiger partial charge in [-0.1, -0.05) is 0 Å². The second-order valence-corrected chi connectivity index (χ2v) is 0.238. The molecule has 1 radical (unpaired) electrons. The molecule has 0 fully saturated rings. The maximum Gasteiger partial charge on any atom is 0.483 e. The van der Waals surface area contributed by atoms with E-state index >= 15 is 0 Å². The summed E-state index contributed by atoms with van der Waals surface area (Å²) in [6.07, 6.45) is 0. The lowest BCUT2D eigenvalue weighted by molar-refractivity contribution is 0.885. The van der Waals surface area contributed by atoms with Gasteiger partial charge in [0.1, 0.15) is 0 Å². The van der Waals surface area contributed by atoms with Crippen molar-refractivity contribution in [3.8, 4) is 5.97 Å². The van der Waals surface area contributed by atoms with Crippen LogP contribution in [0, 0.1) is 11.2 Å². The van der Waals surface area contributed by atoms with E-state index in [0.717, 1.165) is 5.97 Å². The van der Waals surface area contributed by atoms with E-state index in [1.807, 2.05) is 0 Å². The molecule has 1 nitrogen and oxygen atoms in total. The first-order chi connectivity index (χ1) is 1.91. The van der Waals surface area contributed by atoms with E-state index in [4.69, 9.17) is 5.26 Å². The number of halogens is 1. The van der Waals surface area contributed by atoms with E-state index in [0.29, 0.717) is 0 Å². The molecule has 0 aliphatic carbocycles. The summed E-state index contributed by atoms with van der Waals surface area (Å²) in [4.78, 5) is 0. The van der Waals surface area contributed by atoms with Crippen LogP contribution in [-0.4, -0.2) is 7.56 Å². The average molecular weight is 54.8 g/mol. The Kier molecular flexibility index (Phi) is 2.16. The number of nitrogens with zero attached hydrogens (tertiary/aromatic N) is 1. The summed E-state index contributed by atoms with van der Waals surface area (Å²) in [5, 5.41) is 7.19. The largest absolute Gasteiger partial charge is 0.483 e. The zero-order valence-corrected chi connectivity index (χ0v) is 1.90. The van der Waals surface area contributed by atoms with Crippen molar-refractivity contribution in [3.63, 3.8) is 0 Å². The van der Waals surface area contributed by atoms with Gasteiger partial charge in [0.15, 0.2) is 0 Å². The zero-order chi connectivity index (χ0) is 3.41. The molecule has 3 heteroatoms. The number of hydrogen-bond donors (Lipinski definition) is 0. The molecule has 0 saturated carbocycles. The van der Waals surface area contributed by atoms with E-state index < -0.39 is 0 Å². The second kappa shape index (κ2) is 2.48. The highest BCUT2D eigenvalue weighted by atomic mass is 18.1. The van der Waals surface area contributed by atoms with Crippen LogP contribution in [0.4, 0.5) is 4.32 Å². The van der Waals surface area contributed by atoms with Crippen molar-refractivity contribution in [1.29, 1.82) is 5.26 Å². The van der Waals surface area contributed by atoms with Gasteiger partial charge in [0.2, 0.25) is 0 Å². The van der Waals surface area contributed by atoms with Crippen molar-refractivity contribution in [2.75, 3.05) is 0 Å². The van der Waals surface area contributed by atoms with Gasteiger partial charge in [-0.05, 0) is 0 Å². The molecule has 0 saturated heterocycles. The Labute approximate surface area is 24.3 Å². The molecular formula is CBFN. The van der Waals surface area contributed by atoms with Crippen LogP contribution in [-0.2, 0) is 0 Å². The Hall–Kier alpha value is -0.515. The predicted molar refractivity (Wildman–Crippen MR) is 12.5 cm³/mol. The Balaban J connectivity index is 2.43. The second-order valence-electron chi connectivity index (χ2n) is 0.238. The Morgan fingerprint density at radius 3 is 2.25 bits per heavy atom. The van der Waals surface area contributed by atoms with Crippen molar-refractivity contribution in [2.45, 2.75) is 0 Å². The molecule has 0 aromatic carbocycles. The number of nitriles is 1. The first-order valence-corrected chi connectivity index (χ1v) is 0.730. The fourth-order valence-electron chi connectivity index (χ4n) is 0. The van der Waals surface area contributed by atoms with E-state index in [9.17, 15) is 4.32 Å². The van der Waals surface area contributed by atoms with Crippen molar-refractivity contribution >= 4 is 7.56 Å². The average Bonchev–Trinajstić information content (AvgIpc) is 1.37. The summed E-state index contributed by atoms with van der Waals surface area (Å²) < 4.78 is 10.2. The van der Waals surface area contributed by atoms with E-state index in [1.54, 1.807) is 0 Å². The van der Waals surface area contributed by atoms with E-state index in [-0.39, 0.29) is 7.56 Å². The van der Waals surface area contributed by atoms with Gasteiger partial charge in [0.25, 0.3) is 0 Å². The summed E-state index contributed by atoms with van der Waals surface area (Å²) in [6.45, 7) is 0. The Bertz CT molecular complexity index is 37.8. The lowest BCUT2D eigenvalue weighted by Gasteiger charge is -1.36. The SMILES string of the molecule is N#C[B][18F]. The molecule has 0 bridgehead atoms. The first-order valence-electron chi connectivity index (χ1n) is 0.730. The van der Waals surface area contributed by atoms with Gasteiger partial charge in [-0.25, -0.2) is 5.26 Å². The Morgan fingerprint density at radius 1 is 2.00 bits per heavy atom. The molecule has 0 rings (SSSR count). The van der Waals surface area contributed by atoms with Gasteiger partial charge in [0, 0.05) is 5.97 Å². The first kappa shape index (κ1) is 3.48. The van der Waals surface area contributed by atoms with Crippen LogP contribution in [0.25, 0.3) is 0 Å². The number of hydrogen-bond acceptors (Lipinski definition) is 1. The maximum absolute atomic E-state index is 10.2. The highest BCUT2D eigenvalue weighted by Crippen LogP contribution is 1.44. The van der Waals surface area contributed by atoms with Crippen molar-refractivity contribution in [2.24, 2.45) is 0 Å². The highest BCUT2D eigenvalue weighted by molar-refractivity contribution is 6.36. The summed E-state index contributed by atoms with van der Waals surface area (Å²) in [6, 6.07) is 0. The third-order valence-electron chi connectivity index (χ3n) is 0.0488. The fourth-order valence-corrected chi connectivity index (χ4v) is 0. The summed E-state index contributed by atoms with van der Waals surface area (Å²) in [5.41, 5.74) is 0. The normalized spacial score (nSPS) is 4.00. The minimum atomic E-state index is -0.0694. The molecule has 0 unspecified atom stereocenters. The fraction of sp³-hybridized carbons (Fsp3) is 0. The van der Waals surface area contributed by atoms with Crippen LogP contribution in [0.1, 0.15) is 0 Å². The molecule has 0 aliphatic heterocycles. The minimum absolute atomic E-state index is 0.0694. The van der Waals surface area contributed by atoms with E-state index in [2.05, 4.69) is 0 Å². The topological polar surface area (TPSA) is 23.8 Å². The Morgan fingerprint density at radius 2 is 2.25 bits per heavy atom. The van der Waals surface area contributed by atoms with E-state index in [1.165, 1.54) is 0 Å². The lowest BCUT2D eigenvalue weighted by Crippen LogP contribution is -1.60. The quantitative estimate of drug-likeness (QED) is 0.359. The molecule has 0 aromatic rings. The predicted octanol–water partition coefficient (Wildman–Crippen LogP) is 0.0562. The van der Waals surface area contributed by atoms with Crippen LogP contribution in [0.15, 0.2) is 0 Å². The molecule has 0 aromatic heterocycles. The molecule has 0 aliphatic rings. The van der Waals surface area contributed by atoms with Crippen LogP contribution < -0.4 is 0 Å². The smallest absolute Gasteiger partial charge is 0.319 e. The monoisotopic (exact) mass is 55.0 g/mol. The molecule has 4 heavy (non-hydrogen) atoms. The molecule has 0 atom stereocenters. The maximum atomic E-state index is 10.2. The van der Waals surface area contributed by atoms with Gasteiger partial charge in [-0.2, -0.15) is 0 Å². The van der Waals surface area contributed by atoms with Gasteiger partial charge in [0.05, 0.1) is 0 Å². The molecular weight excluding hydrogens is 54.8 g/mol. The molecule has 19 valence electrons. The summed E-state index contributed by atoms with van der Waals surface area (Å²) in [7, 11) is -0.0694. The minimum Gasteiger partial charge on any atom is -0.319 e. The van der Waals surface area contributed by atoms with Crippen LogP contribution in [0.5, 0.6) is 0 Å². The molecule has 0 amide bonds. The molecule has 0 spiro atoms. The number of rotatable bonds is 0. The summed E-state index contributed by atoms with van der Waals surface area (Å²) in [5.74, 6) is 1.14. The van der Waals surface area contributed by atoms with Gasteiger partial charge < -0.3 is 4.32 Å². The van der Waals surface area contributed by atoms with Crippen LogP contribution in [0.2, 0.25) is 0 Å². The molecule has 0 N–H and O–H groups in total. The lowest BCUT2D eigenvalue weighted by atomic mass is 10.1. The molecule has 0 heterocycles. The summed E-state index contributed by atoms with van der Waals surface area (Å²) >= 11 is 0.